The van der Waals surface area contributed by atoms with Gasteiger partial charge in [0.05, 0.1) is 7.11 Å². The second kappa shape index (κ2) is 6.71. The first-order valence-corrected chi connectivity index (χ1v) is 6.06. The normalized spacial score (nSPS) is 12.2. The van der Waals surface area contributed by atoms with Crippen molar-refractivity contribution in [2.45, 2.75) is 18.9 Å². The Hall–Kier alpha value is -0.940. The van der Waals surface area contributed by atoms with Crippen molar-refractivity contribution in [2.24, 2.45) is 0 Å². The number of hydrogen-bond donors (Lipinski definition) is 1. The van der Waals surface area contributed by atoms with Gasteiger partial charge in [-0.2, -0.15) is 0 Å². The summed E-state index contributed by atoms with van der Waals surface area (Å²) in [5.41, 5.74) is 0.547. The molecule has 0 saturated heterocycles. The number of nitrogens with one attached hydrogen (secondary N) is 1. The summed E-state index contributed by atoms with van der Waals surface area (Å²) in [5, 5.41) is 3.00. The molecule has 1 rings (SSSR count). The number of carbonyl (C=O) groups excluding carboxylic acids is 1. The first-order valence-electron chi connectivity index (χ1n) is 5.27. The number of ether oxygens (including phenoxy) is 1. The van der Waals surface area contributed by atoms with E-state index in [-0.39, 0.29) is 24.2 Å². The lowest BCUT2D eigenvalue weighted by atomic mass is 10.0. The minimum Gasteiger partial charge on any atom is -0.469 e. The molecule has 1 unspecified atom stereocenters. The maximum absolute atomic E-state index is 13.6. The van der Waals surface area contributed by atoms with Crippen molar-refractivity contribution in [3.63, 3.8) is 0 Å². The molecule has 0 aliphatic heterocycles. The van der Waals surface area contributed by atoms with Gasteiger partial charge >= 0.3 is 5.97 Å². The molecule has 0 spiro atoms. The Kier molecular flexibility index (Phi) is 5.58. The van der Waals surface area contributed by atoms with Crippen LogP contribution in [0, 0.1) is 5.82 Å². The summed E-state index contributed by atoms with van der Waals surface area (Å²) >= 11 is 3.30. The van der Waals surface area contributed by atoms with E-state index in [0.29, 0.717) is 12.0 Å². The Morgan fingerprint density at radius 3 is 2.88 bits per heavy atom. The van der Waals surface area contributed by atoms with Crippen LogP contribution in [0.3, 0.4) is 0 Å². The van der Waals surface area contributed by atoms with E-state index >= 15 is 0 Å². The van der Waals surface area contributed by atoms with Gasteiger partial charge in [-0.15, -0.1) is 0 Å². The molecule has 0 aliphatic carbocycles. The van der Waals surface area contributed by atoms with Crippen LogP contribution >= 0.6 is 15.9 Å². The molecule has 3 nitrogen and oxygen atoms in total. The highest BCUT2D eigenvalue weighted by Gasteiger charge is 2.16. The van der Waals surface area contributed by atoms with Gasteiger partial charge in [0.25, 0.3) is 0 Å². The molecule has 1 atom stereocenters. The van der Waals surface area contributed by atoms with E-state index in [9.17, 15) is 9.18 Å². The van der Waals surface area contributed by atoms with Gasteiger partial charge in [0.1, 0.15) is 5.82 Å². The van der Waals surface area contributed by atoms with Crippen molar-refractivity contribution in [1.29, 1.82) is 0 Å². The fourth-order valence-corrected chi connectivity index (χ4v) is 1.98. The van der Waals surface area contributed by atoms with Crippen LogP contribution in [0.25, 0.3) is 0 Å². The lowest BCUT2D eigenvalue weighted by Gasteiger charge is -2.17. The van der Waals surface area contributed by atoms with Crippen molar-refractivity contribution in [3.8, 4) is 0 Å². The van der Waals surface area contributed by atoms with Crippen LogP contribution in [0.2, 0.25) is 0 Å². The van der Waals surface area contributed by atoms with Crippen molar-refractivity contribution in [1.82, 2.24) is 5.32 Å². The molecule has 5 heteroatoms. The maximum Gasteiger partial charge on any atom is 0.305 e. The smallest absolute Gasteiger partial charge is 0.305 e. The van der Waals surface area contributed by atoms with Gasteiger partial charge < -0.3 is 10.1 Å². The monoisotopic (exact) mass is 303 g/mol. The molecular weight excluding hydrogens is 289 g/mol. The van der Waals surface area contributed by atoms with Crippen LogP contribution in [-0.4, -0.2) is 20.1 Å². The van der Waals surface area contributed by atoms with E-state index in [1.54, 1.807) is 19.2 Å². The fourth-order valence-electron chi connectivity index (χ4n) is 1.60. The average molecular weight is 304 g/mol. The summed E-state index contributed by atoms with van der Waals surface area (Å²) in [7, 11) is 3.08. The quantitative estimate of drug-likeness (QED) is 0.850. The third kappa shape index (κ3) is 4.09. The second-order valence-corrected chi connectivity index (χ2v) is 4.54. The van der Waals surface area contributed by atoms with Gasteiger partial charge in [-0.1, -0.05) is 15.9 Å². The molecule has 0 aliphatic rings. The first-order chi connectivity index (χ1) is 8.08. The number of benzene rings is 1. The topological polar surface area (TPSA) is 38.3 Å². The van der Waals surface area contributed by atoms with Gasteiger partial charge in [-0.3, -0.25) is 4.79 Å². The molecule has 0 saturated carbocycles. The Balaban J connectivity index is 2.78. The molecule has 0 amide bonds. The number of methoxy groups -OCH3 is 1. The highest BCUT2D eigenvalue weighted by Crippen LogP contribution is 2.24. The summed E-state index contributed by atoms with van der Waals surface area (Å²) in [5.74, 6) is -0.571. The molecule has 94 valence electrons. The third-order valence-electron chi connectivity index (χ3n) is 2.55. The van der Waals surface area contributed by atoms with Crippen LogP contribution in [0.15, 0.2) is 22.7 Å². The third-order valence-corrected chi connectivity index (χ3v) is 3.04. The summed E-state index contributed by atoms with van der Waals surface area (Å²) < 4.78 is 19.0. The SMILES string of the molecule is CNC(CCC(=O)OC)c1cc(Br)ccc1F. The second-order valence-electron chi connectivity index (χ2n) is 3.62. The molecule has 1 aromatic carbocycles. The zero-order valence-corrected chi connectivity index (χ0v) is 11.4. The molecular formula is C12H15BrFNO2. The van der Waals surface area contributed by atoms with Crippen LogP contribution < -0.4 is 5.32 Å². The Morgan fingerprint density at radius 1 is 1.59 bits per heavy atom. The first kappa shape index (κ1) is 14.1. The standard InChI is InChI=1S/C12H15BrFNO2/c1-15-11(5-6-12(16)17-2)9-7-8(13)3-4-10(9)14/h3-4,7,11,15H,5-6H2,1-2H3. The minimum atomic E-state index is -0.291. The van der Waals surface area contributed by atoms with Gasteiger partial charge in [0.15, 0.2) is 0 Å². The number of esters is 1. The summed E-state index contributed by atoms with van der Waals surface area (Å²) in [4.78, 5) is 11.1. The zero-order valence-electron chi connectivity index (χ0n) is 9.80. The van der Waals surface area contributed by atoms with Crippen molar-refractivity contribution >= 4 is 21.9 Å². The van der Waals surface area contributed by atoms with E-state index < -0.39 is 0 Å². The van der Waals surface area contributed by atoms with Crippen LogP contribution in [0.5, 0.6) is 0 Å². The number of rotatable bonds is 5. The van der Waals surface area contributed by atoms with E-state index in [1.807, 2.05) is 0 Å². The Bertz CT molecular complexity index is 398. The zero-order chi connectivity index (χ0) is 12.8. The predicted octanol–water partition coefficient (Wildman–Crippen LogP) is 2.80. The highest BCUT2D eigenvalue weighted by atomic mass is 79.9. The average Bonchev–Trinajstić information content (AvgIpc) is 2.33. The summed E-state index contributed by atoms with van der Waals surface area (Å²) in [6, 6.07) is 4.56. The molecule has 0 heterocycles. The van der Waals surface area contributed by atoms with Gasteiger partial charge in [-0.25, -0.2) is 4.39 Å². The van der Waals surface area contributed by atoms with Gasteiger partial charge in [0, 0.05) is 22.5 Å². The van der Waals surface area contributed by atoms with E-state index in [4.69, 9.17) is 0 Å². The number of carbonyl (C=O) groups is 1. The molecule has 0 bridgehead atoms. The Labute approximate surface area is 108 Å². The fraction of sp³-hybridized carbons (Fsp3) is 0.417. The molecule has 1 aromatic rings. The molecule has 17 heavy (non-hydrogen) atoms. The Morgan fingerprint density at radius 2 is 2.29 bits per heavy atom. The van der Waals surface area contributed by atoms with E-state index in [0.717, 1.165) is 4.47 Å². The van der Waals surface area contributed by atoms with E-state index in [2.05, 4.69) is 26.0 Å². The van der Waals surface area contributed by atoms with Crippen LogP contribution in [0.4, 0.5) is 4.39 Å². The van der Waals surface area contributed by atoms with Crippen molar-refractivity contribution < 1.29 is 13.9 Å². The molecule has 0 fully saturated rings. The largest absolute Gasteiger partial charge is 0.469 e. The summed E-state index contributed by atoms with van der Waals surface area (Å²) in [6.07, 6.45) is 0.754. The molecule has 0 aromatic heterocycles. The number of hydrogen-bond acceptors (Lipinski definition) is 3. The number of halogens is 2. The van der Waals surface area contributed by atoms with E-state index in [1.165, 1.54) is 13.2 Å². The van der Waals surface area contributed by atoms with Gasteiger partial charge in [0.2, 0.25) is 0 Å². The maximum atomic E-state index is 13.6. The lowest BCUT2D eigenvalue weighted by Crippen LogP contribution is -2.19. The molecule has 0 radical (unpaired) electrons. The predicted molar refractivity (Wildman–Crippen MR) is 67.2 cm³/mol. The minimum absolute atomic E-state index is 0.202. The lowest BCUT2D eigenvalue weighted by molar-refractivity contribution is -0.140. The van der Waals surface area contributed by atoms with Crippen LogP contribution in [-0.2, 0) is 9.53 Å². The van der Waals surface area contributed by atoms with Crippen LogP contribution in [0.1, 0.15) is 24.4 Å². The summed E-state index contributed by atoms with van der Waals surface area (Å²) in [6.45, 7) is 0. The van der Waals surface area contributed by atoms with Crippen molar-refractivity contribution in [2.75, 3.05) is 14.2 Å². The molecule has 1 N–H and O–H groups in total. The highest BCUT2D eigenvalue weighted by molar-refractivity contribution is 9.10. The van der Waals surface area contributed by atoms with Gasteiger partial charge in [-0.05, 0) is 31.7 Å². The van der Waals surface area contributed by atoms with Crippen molar-refractivity contribution in [3.05, 3.63) is 34.1 Å².